The maximum atomic E-state index is 8.38. The van der Waals surface area contributed by atoms with E-state index in [2.05, 4.69) is 5.32 Å². The molecule has 0 rings (SSSR count). The van der Waals surface area contributed by atoms with E-state index in [9.17, 15) is 0 Å². The summed E-state index contributed by atoms with van der Waals surface area (Å²) in [6.45, 7) is 0. The third kappa shape index (κ3) is 4.51. The molecule has 4 heteroatoms. The fourth-order valence-electron chi connectivity index (χ4n) is 0.435. The van der Waals surface area contributed by atoms with Crippen molar-refractivity contribution in [1.29, 1.82) is 15.8 Å². The predicted molar refractivity (Wildman–Crippen MR) is 37.5 cm³/mol. The van der Waals surface area contributed by atoms with E-state index in [4.69, 9.17) is 15.8 Å². The summed E-state index contributed by atoms with van der Waals surface area (Å²) in [5.41, 5.74) is 0. The molecule has 0 aromatic heterocycles. The molecule has 0 aromatic carbocycles. The first-order chi connectivity index (χ1) is 5.35. The predicted octanol–water partition coefficient (Wildman–Crippen LogP) is 0.419. The van der Waals surface area contributed by atoms with Crippen molar-refractivity contribution in [2.75, 3.05) is 0 Å². The van der Waals surface area contributed by atoms with E-state index in [1.165, 1.54) is 12.3 Å². The zero-order chi connectivity index (χ0) is 8.53. The van der Waals surface area contributed by atoms with Crippen molar-refractivity contribution in [3.05, 3.63) is 12.3 Å². The van der Waals surface area contributed by atoms with Crippen molar-refractivity contribution < 1.29 is 0 Å². The van der Waals surface area contributed by atoms with Crippen molar-refractivity contribution in [2.45, 2.75) is 12.5 Å². The lowest BCUT2D eigenvalue weighted by Crippen LogP contribution is -2.21. The highest BCUT2D eigenvalue weighted by molar-refractivity contribution is 5.05. The van der Waals surface area contributed by atoms with Gasteiger partial charge < -0.3 is 5.32 Å². The summed E-state index contributed by atoms with van der Waals surface area (Å²) < 4.78 is 0. The zero-order valence-corrected chi connectivity index (χ0v) is 5.78. The minimum absolute atomic E-state index is 0.117. The van der Waals surface area contributed by atoms with Crippen LogP contribution >= 0.6 is 0 Å². The minimum Gasteiger partial charge on any atom is -0.374 e. The summed E-state index contributed by atoms with van der Waals surface area (Å²) in [7, 11) is 0. The number of hydrogen-bond acceptors (Lipinski definition) is 4. The fourth-order valence-corrected chi connectivity index (χ4v) is 0.435. The van der Waals surface area contributed by atoms with Gasteiger partial charge in [0.25, 0.3) is 0 Å². The Hall–Kier alpha value is -1.99. The van der Waals surface area contributed by atoms with Gasteiger partial charge in [-0.25, -0.2) is 0 Å². The summed E-state index contributed by atoms with van der Waals surface area (Å²) in [5.74, 6) is 0. The summed E-state index contributed by atoms with van der Waals surface area (Å²) >= 11 is 0. The zero-order valence-electron chi connectivity index (χ0n) is 5.78. The molecule has 0 saturated carbocycles. The molecule has 0 aliphatic carbocycles. The Morgan fingerprint density at radius 3 is 2.55 bits per heavy atom. The lowest BCUT2D eigenvalue weighted by Gasteiger charge is -2.01. The number of allylic oxidation sites excluding steroid dienone is 1. The number of nitrogens with zero attached hydrogens (tertiary/aromatic N) is 3. The van der Waals surface area contributed by atoms with Gasteiger partial charge in [-0.2, -0.15) is 15.8 Å². The molecule has 0 saturated heterocycles. The Balaban J connectivity index is 3.76. The van der Waals surface area contributed by atoms with Crippen LogP contribution in [-0.4, -0.2) is 6.04 Å². The van der Waals surface area contributed by atoms with Gasteiger partial charge in [0.15, 0.2) is 0 Å². The largest absolute Gasteiger partial charge is 0.374 e. The van der Waals surface area contributed by atoms with Crippen LogP contribution in [0.5, 0.6) is 0 Å². The first-order valence-corrected chi connectivity index (χ1v) is 2.92. The highest BCUT2D eigenvalue weighted by atomic mass is 14.9. The van der Waals surface area contributed by atoms with E-state index in [1.54, 1.807) is 6.07 Å². The molecule has 4 nitrogen and oxygen atoms in total. The van der Waals surface area contributed by atoms with E-state index in [0.29, 0.717) is 0 Å². The molecular formula is C7H6N4. The van der Waals surface area contributed by atoms with Crippen molar-refractivity contribution >= 4 is 0 Å². The summed E-state index contributed by atoms with van der Waals surface area (Å²) in [5, 5.41) is 27.2. The van der Waals surface area contributed by atoms with E-state index in [0.717, 1.165) is 0 Å². The molecule has 1 unspecified atom stereocenters. The molecule has 1 N–H and O–H groups in total. The third-order valence-electron chi connectivity index (χ3n) is 0.907. The van der Waals surface area contributed by atoms with Crippen molar-refractivity contribution in [1.82, 2.24) is 5.32 Å². The maximum absolute atomic E-state index is 8.38. The van der Waals surface area contributed by atoms with Gasteiger partial charge in [-0.15, -0.1) is 0 Å². The van der Waals surface area contributed by atoms with Gasteiger partial charge in [0.2, 0.25) is 0 Å². The van der Waals surface area contributed by atoms with Crippen LogP contribution in [0.1, 0.15) is 6.42 Å². The Bertz CT molecular complexity index is 247. The summed E-state index contributed by atoms with van der Waals surface area (Å²) in [6.07, 6.45) is 2.68. The van der Waals surface area contributed by atoms with Crippen molar-refractivity contribution in [2.24, 2.45) is 0 Å². The third-order valence-corrected chi connectivity index (χ3v) is 0.907. The van der Waals surface area contributed by atoms with Gasteiger partial charge in [-0.1, -0.05) is 0 Å². The summed E-state index contributed by atoms with van der Waals surface area (Å²) in [4.78, 5) is 0. The van der Waals surface area contributed by atoms with E-state index < -0.39 is 6.04 Å². The van der Waals surface area contributed by atoms with Crippen LogP contribution in [0.2, 0.25) is 0 Å². The number of hydrogen-bond donors (Lipinski definition) is 1. The Labute approximate surface area is 65.0 Å². The van der Waals surface area contributed by atoms with Gasteiger partial charge in [-0.05, 0) is 0 Å². The molecule has 1 atom stereocenters. The first kappa shape index (κ1) is 9.01. The van der Waals surface area contributed by atoms with Gasteiger partial charge in [0, 0.05) is 12.3 Å². The second kappa shape index (κ2) is 6.13. The van der Waals surface area contributed by atoms with Crippen LogP contribution < -0.4 is 5.32 Å². The van der Waals surface area contributed by atoms with Crippen LogP contribution in [-0.2, 0) is 0 Å². The lowest BCUT2D eigenvalue weighted by molar-refractivity contribution is 0.729. The SMILES string of the molecule is N#C/C=C/NC(C#N)CC#N. The molecule has 0 spiro atoms. The topological polar surface area (TPSA) is 83.4 Å². The monoisotopic (exact) mass is 146 g/mol. The molecule has 0 heterocycles. The van der Waals surface area contributed by atoms with Gasteiger partial charge >= 0.3 is 0 Å². The minimum atomic E-state index is -0.524. The van der Waals surface area contributed by atoms with Gasteiger partial charge in [0.1, 0.15) is 6.04 Å². The first-order valence-electron chi connectivity index (χ1n) is 2.92. The van der Waals surface area contributed by atoms with Gasteiger partial charge in [0.05, 0.1) is 24.6 Å². The molecule has 0 aliphatic heterocycles. The molecule has 0 amide bonds. The number of rotatable bonds is 3. The van der Waals surface area contributed by atoms with E-state index in [-0.39, 0.29) is 6.42 Å². The van der Waals surface area contributed by atoms with E-state index in [1.807, 2.05) is 12.1 Å². The summed E-state index contributed by atoms with van der Waals surface area (Å²) in [6, 6.07) is 4.94. The maximum Gasteiger partial charge on any atom is 0.127 e. The lowest BCUT2D eigenvalue weighted by atomic mass is 10.2. The van der Waals surface area contributed by atoms with Crippen LogP contribution in [0.3, 0.4) is 0 Å². The second-order valence-corrected chi connectivity index (χ2v) is 1.67. The Kier molecular flexibility index (Phi) is 5.02. The van der Waals surface area contributed by atoms with E-state index >= 15 is 0 Å². The highest BCUT2D eigenvalue weighted by Gasteiger charge is 2.00. The molecule has 0 bridgehead atoms. The van der Waals surface area contributed by atoms with Crippen molar-refractivity contribution in [3.63, 3.8) is 0 Å². The van der Waals surface area contributed by atoms with Crippen LogP contribution in [0, 0.1) is 34.0 Å². The molecular weight excluding hydrogens is 140 g/mol. The molecule has 11 heavy (non-hydrogen) atoms. The Morgan fingerprint density at radius 2 is 2.09 bits per heavy atom. The number of nitriles is 3. The average molecular weight is 146 g/mol. The average Bonchev–Trinajstić information content (AvgIpc) is 2.03. The second-order valence-electron chi connectivity index (χ2n) is 1.67. The van der Waals surface area contributed by atoms with Crippen LogP contribution in [0.4, 0.5) is 0 Å². The fraction of sp³-hybridized carbons (Fsp3) is 0.286. The molecule has 0 aliphatic rings. The normalized spacial score (nSPS) is 11.0. The Morgan fingerprint density at radius 1 is 1.36 bits per heavy atom. The highest BCUT2D eigenvalue weighted by Crippen LogP contribution is 1.86. The van der Waals surface area contributed by atoms with Crippen LogP contribution in [0.25, 0.3) is 0 Å². The smallest absolute Gasteiger partial charge is 0.127 e. The van der Waals surface area contributed by atoms with Crippen molar-refractivity contribution in [3.8, 4) is 18.2 Å². The molecule has 0 radical (unpaired) electrons. The van der Waals surface area contributed by atoms with Crippen LogP contribution in [0.15, 0.2) is 12.3 Å². The van der Waals surface area contributed by atoms with Gasteiger partial charge in [-0.3, -0.25) is 0 Å². The standard InChI is InChI=1S/C7H6N4/c8-3-1-5-11-7(6-10)2-4-9/h1,5,7,11H,2H2/b5-1+. The molecule has 0 aromatic rings. The molecule has 0 fully saturated rings. The molecule has 54 valence electrons. The quantitative estimate of drug-likeness (QED) is 0.585. The number of nitrogens with one attached hydrogen (secondary N) is 1.